The first-order valence-electron chi connectivity index (χ1n) is 6.18. The molecule has 16 heavy (non-hydrogen) atoms. The van der Waals surface area contributed by atoms with E-state index < -0.39 is 0 Å². The number of piperidine rings is 1. The fourth-order valence-corrected chi connectivity index (χ4v) is 2.10. The van der Waals surface area contributed by atoms with Gasteiger partial charge in [0.05, 0.1) is 11.2 Å². The molecule has 0 radical (unpaired) electrons. The molecule has 1 saturated heterocycles. The molecule has 0 spiro atoms. The molecule has 0 amide bonds. The summed E-state index contributed by atoms with van der Waals surface area (Å²) in [5, 5.41) is 11.9. The molecule has 1 fully saturated rings. The van der Waals surface area contributed by atoms with Crippen LogP contribution in [0, 0.1) is 5.92 Å². The van der Waals surface area contributed by atoms with Gasteiger partial charge in [-0.1, -0.05) is 5.21 Å². The van der Waals surface area contributed by atoms with E-state index in [1.165, 1.54) is 12.8 Å². The van der Waals surface area contributed by atoms with Crippen LogP contribution in [0.25, 0.3) is 0 Å². The summed E-state index contributed by atoms with van der Waals surface area (Å²) in [5.41, 5.74) is 1.18. The van der Waals surface area contributed by atoms with Crippen LogP contribution < -0.4 is 5.32 Å². The zero-order valence-corrected chi connectivity index (χ0v) is 10.5. The third kappa shape index (κ3) is 2.82. The highest BCUT2D eigenvalue weighted by Crippen LogP contribution is 2.18. The van der Waals surface area contributed by atoms with E-state index in [1.807, 2.05) is 4.68 Å². The van der Waals surface area contributed by atoms with Gasteiger partial charge < -0.3 is 5.32 Å². The quantitative estimate of drug-likeness (QED) is 0.826. The van der Waals surface area contributed by atoms with Crippen molar-refractivity contribution in [3.8, 4) is 0 Å². The average molecular weight is 222 g/mol. The lowest BCUT2D eigenvalue weighted by Crippen LogP contribution is -2.28. The molecule has 1 N–H and O–H groups in total. The Labute approximate surface area is 97.4 Å². The predicted octanol–water partition coefficient (Wildman–Crippen LogP) is 1.58. The van der Waals surface area contributed by atoms with E-state index in [4.69, 9.17) is 0 Å². The number of nitrogens with one attached hydrogen (secondary N) is 1. The van der Waals surface area contributed by atoms with Crippen molar-refractivity contribution in [1.82, 2.24) is 20.3 Å². The van der Waals surface area contributed by atoms with E-state index in [0.29, 0.717) is 0 Å². The van der Waals surface area contributed by atoms with Crippen molar-refractivity contribution in [2.24, 2.45) is 5.92 Å². The summed E-state index contributed by atoms with van der Waals surface area (Å²) in [7, 11) is 0. The lowest BCUT2D eigenvalue weighted by atomic mass is 9.93. The number of hydrogen-bond acceptors (Lipinski definition) is 3. The maximum Gasteiger partial charge on any atom is 0.0830 e. The van der Waals surface area contributed by atoms with Crippen LogP contribution in [0.2, 0.25) is 0 Å². The summed E-state index contributed by atoms with van der Waals surface area (Å²) in [4.78, 5) is 0. The maximum atomic E-state index is 4.27. The van der Waals surface area contributed by atoms with Gasteiger partial charge in [-0.2, -0.15) is 0 Å². The molecule has 2 heterocycles. The fraction of sp³-hybridized carbons (Fsp3) is 0.833. The average Bonchev–Trinajstić information content (AvgIpc) is 2.67. The van der Waals surface area contributed by atoms with Crippen LogP contribution in [0.5, 0.6) is 0 Å². The lowest BCUT2D eigenvalue weighted by molar-refractivity contribution is 0.346. The molecule has 0 unspecified atom stereocenters. The molecule has 0 aromatic carbocycles. The van der Waals surface area contributed by atoms with Crippen molar-refractivity contribution < 1.29 is 0 Å². The first kappa shape index (κ1) is 11.6. The van der Waals surface area contributed by atoms with Gasteiger partial charge >= 0.3 is 0 Å². The first-order valence-corrected chi connectivity index (χ1v) is 6.18. The summed E-state index contributed by atoms with van der Waals surface area (Å²) in [5.74, 6) is 0.784. The van der Waals surface area contributed by atoms with Crippen molar-refractivity contribution in [2.75, 3.05) is 13.1 Å². The van der Waals surface area contributed by atoms with Crippen molar-refractivity contribution in [2.45, 2.75) is 45.6 Å². The van der Waals surface area contributed by atoms with Gasteiger partial charge in [0.2, 0.25) is 0 Å². The van der Waals surface area contributed by atoms with Crippen LogP contribution in [0.15, 0.2) is 6.20 Å². The Bertz CT molecular complexity index is 331. The maximum absolute atomic E-state index is 4.27. The molecule has 0 bridgehead atoms. The number of hydrogen-bond donors (Lipinski definition) is 1. The molecule has 0 aliphatic carbocycles. The second-order valence-electron chi connectivity index (χ2n) is 5.72. The second kappa shape index (κ2) is 4.53. The standard InChI is InChI=1S/C12H22N4/c1-12(2,3)16-9-11(14-15-16)8-10-4-6-13-7-5-10/h9-10,13H,4-8H2,1-3H3. The number of aromatic nitrogens is 3. The van der Waals surface area contributed by atoms with Gasteiger partial charge in [0, 0.05) is 6.20 Å². The predicted molar refractivity (Wildman–Crippen MR) is 64.3 cm³/mol. The monoisotopic (exact) mass is 222 g/mol. The summed E-state index contributed by atoms with van der Waals surface area (Å²) in [6.45, 7) is 8.75. The Morgan fingerprint density at radius 3 is 2.62 bits per heavy atom. The molecule has 2 rings (SSSR count). The highest BCUT2D eigenvalue weighted by Gasteiger charge is 2.18. The van der Waals surface area contributed by atoms with Crippen molar-refractivity contribution in [1.29, 1.82) is 0 Å². The van der Waals surface area contributed by atoms with Crippen molar-refractivity contribution in [3.05, 3.63) is 11.9 Å². The van der Waals surface area contributed by atoms with Crippen LogP contribution in [0.3, 0.4) is 0 Å². The Morgan fingerprint density at radius 2 is 2.06 bits per heavy atom. The van der Waals surface area contributed by atoms with Gasteiger partial charge in [0.15, 0.2) is 0 Å². The molecule has 1 aromatic rings. The summed E-state index contributed by atoms with van der Waals surface area (Å²) < 4.78 is 1.96. The molecule has 90 valence electrons. The molecule has 0 saturated carbocycles. The van der Waals surface area contributed by atoms with Gasteiger partial charge in [-0.25, -0.2) is 4.68 Å². The number of rotatable bonds is 2. The minimum absolute atomic E-state index is 0.0410. The lowest BCUT2D eigenvalue weighted by Gasteiger charge is -2.21. The fourth-order valence-electron chi connectivity index (χ4n) is 2.10. The Morgan fingerprint density at radius 1 is 1.38 bits per heavy atom. The molecule has 4 nitrogen and oxygen atoms in total. The minimum Gasteiger partial charge on any atom is -0.317 e. The van der Waals surface area contributed by atoms with Crippen LogP contribution in [-0.4, -0.2) is 28.1 Å². The normalized spacial score (nSPS) is 18.9. The van der Waals surface area contributed by atoms with Gasteiger partial charge in [-0.05, 0) is 59.0 Å². The van der Waals surface area contributed by atoms with E-state index in [-0.39, 0.29) is 5.54 Å². The first-order chi connectivity index (χ1) is 7.55. The largest absolute Gasteiger partial charge is 0.317 e. The van der Waals surface area contributed by atoms with Crippen LogP contribution in [0.4, 0.5) is 0 Å². The molecule has 1 aliphatic rings. The van der Waals surface area contributed by atoms with Gasteiger partial charge in [0.1, 0.15) is 0 Å². The van der Waals surface area contributed by atoms with Crippen molar-refractivity contribution >= 4 is 0 Å². The minimum atomic E-state index is 0.0410. The van der Waals surface area contributed by atoms with Gasteiger partial charge in [0.25, 0.3) is 0 Å². The highest BCUT2D eigenvalue weighted by atomic mass is 15.4. The third-order valence-electron chi connectivity index (χ3n) is 3.18. The van der Waals surface area contributed by atoms with Crippen LogP contribution in [0.1, 0.15) is 39.3 Å². The molecule has 1 aromatic heterocycles. The van der Waals surface area contributed by atoms with Crippen LogP contribution >= 0.6 is 0 Å². The SMILES string of the molecule is CC(C)(C)n1cc(CC2CCNCC2)nn1. The van der Waals surface area contributed by atoms with Crippen molar-refractivity contribution in [3.63, 3.8) is 0 Å². The molecular weight excluding hydrogens is 200 g/mol. The Kier molecular flexibility index (Phi) is 3.28. The highest BCUT2D eigenvalue weighted by molar-refractivity contribution is 4.97. The smallest absolute Gasteiger partial charge is 0.0830 e. The van der Waals surface area contributed by atoms with Gasteiger partial charge in [-0.15, -0.1) is 5.10 Å². The summed E-state index contributed by atoms with van der Waals surface area (Å²) >= 11 is 0. The summed E-state index contributed by atoms with van der Waals surface area (Å²) in [6.07, 6.45) is 5.71. The Balaban J connectivity index is 1.97. The summed E-state index contributed by atoms with van der Waals surface area (Å²) in [6, 6.07) is 0. The van der Waals surface area contributed by atoms with E-state index in [0.717, 1.165) is 31.1 Å². The zero-order chi connectivity index (χ0) is 11.6. The zero-order valence-electron chi connectivity index (χ0n) is 10.5. The molecule has 4 heteroatoms. The number of nitrogens with zero attached hydrogens (tertiary/aromatic N) is 3. The second-order valence-corrected chi connectivity index (χ2v) is 5.72. The molecular formula is C12H22N4. The Hall–Kier alpha value is -0.900. The topological polar surface area (TPSA) is 42.7 Å². The van der Waals surface area contributed by atoms with Crippen LogP contribution in [-0.2, 0) is 12.0 Å². The molecule has 0 atom stereocenters. The van der Waals surface area contributed by atoms with E-state index >= 15 is 0 Å². The van der Waals surface area contributed by atoms with E-state index in [2.05, 4.69) is 42.6 Å². The molecule has 1 aliphatic heterocycles. The van der Waals surface area contributed by atoms with Gasteiger partial charge in [-0.3, -0.25) is 0 Å². The third-order valence-corrected chi connectivity index (χ3v) is 3.18. The van der Waals surface area contributed by atoms with E-state index in [9.17, 15) is 0 Å². The van der Waals surface area contributed by atoms with E-state index in [1.54, 1.807) is 0 Å².